The van der Waals surface area contributed by atoms with Crippen LogP contribution in [0.25, 0.3) is 0 Å². The van der Waals surface area contributed by atoms with Gasteiger partial charge >= 0.3 is 0 Å². The van der Waals surface area contributed by atoms with Crippen molar-refractivity contribution in [2.24, 2.45) is 0 Å². The molecule has 6 aliphatic heterocycles. The fraction of sp³-hybridized carbons (Fsp3) is 0.929. The fourth-order valence-corrected chi connectivity index (χ4v) is 9.61. The van der Waals surface area contributed by atoms with Crippen molar-refractivity contribution in [1.82, 2.24) is 16.0 Å². The van der Waals surface area contributed by atoms with Crippen LogP contribution in [-0.2, 0) is 66.5 Å². The molecular formula is C42H71N3O31. The van der Waals surface area contributed by atoms with Crippen molar-refractivity contribution >= 4 is 17.7 Å². The fourth-order valence-electron chi connectivity index (χ4n) is 9.61. The Balaban J connectivity index is 1.29. The van der Waals surface area contributed by atoms with E-state index >= 15 is 0 Å². The summed E-state index contributed by atoms with van der Waals surface area (Å²) in [5.41, 5.74) is 0. The third-order valence-electron chi connectivity index (χ3n) is 13.6. The van der Waals surface area contributed by atoms with Crippen LogP contribution in [0.3, 0.4) is 0 Å². The lowest BCUT2D eigenvalue weighted by molar-refractivity contribution is -0.392. The summed E-state index contributed by atoms with van der Waals surface area (Å²) >= 11 is 0. The number of nitrogens with one attached hydrogen (secondary N) is 3. The van der Waals surface area contributed by atoms with Gasteiger partial charge in [-0.3, -0.25) is 14.4 Å². The lowest BCUT2D eigenvalue weighted by Gasteiger charge is -2.51. The summed E-state index contributed by atoms with van der Waals surface area (Å²) in [6.07, 6.45) is -51.7. The molecule has 20 N–H and O–H groups in total. The zero-order valence-electron chi connectivity index (χ0n) is 40.9. The molecule has 0 spiro atoms. The number of carbonyl (C=O) groups is 3. The molecule has 0 saturated carbocycles. The van der Waals surface area contributed by atoms with Crippen LogP contribution in [0.2, 0.25) is 0 Å². The molecule has 0 aromatic heterocycles. The van der Waals surface area contributed by atoms with Gasteiger partial charge in [0.05, 0.1) is 39.6 Å². The van der Waals surface area contributed by atoms with E-state index in [-0.39, 0.29) is 0 Å². The highest BCUT2D eigenvalue weighted by Crippen LogP contribution is 2.37. The Morgan fingerprint density at radius 1 is 0.342 bits per heavy atom. The Kier molecular flexibility index (Phi) is 22.3. The standard InChI is InChI=1S/C42H71N3O31/c1-10(51)43-19-27(59)22(54)13(4-46)69-39(19)76-36-32(64)42(74-34-20(44-11(2)52)37(65)67-15(6-48)25(34)57)71-17(8-50)33(36)73-41-31(63)29(61)24(56)18(72-41)9-66-38-21(45-12(3)53)35(26(58)16(7-49)68-38)75-40-30(62)28(60)23(55)14(5-47)70-40/h13-42,46-50,54-65H,4-9H2,1-3H3,(H,43,51)(H,44,52)(H,45,53)/t13-,14-,15-,16-,17-,18-,19-,20-,21-,22-,23+,24-,25-,26-,27-,28+,29+,30-,31-,32-,33+,34-,35-,36-,37-,38-,39+,40-,41-,42-/m1/s1. The first kappa shape index (κ1) is 62.5. The summed E-state index contributed by atoms with van der Waals surface area (Å²) in [5, 5.41) is 190. The smallest absolute Gasteiger partial charge is 0.217 e. The Bertz CT molecular complexity index is 1870. The maximum Gasteiger partial charge on any atom is 0.217 e. The maximum atomic E-state index is 12.5. The van der Waals surface area contributed by atoms with E-state index in [0.717, 1.165) is 20.8 Å². The molecule has 0 aromatic carbocycles. The lowest BCUT2D eigenvalue weighted by atomic mass is 9.94. The van der Waals surface area contributed by atoms with Crippen LogP contribution >= 0.6 is 0 Å². The summed E-state index contributed by atoms with van der Waals surface area (Å²) in [7, 11) is 0. The largest absolute Gasteiger partial charge is 0.394 e. The van der Waals surface area contributed by atoms with Crippen LogP contribution < -0.4 is 16.0 Å². The molecule has 440 valence electrons. The predicted molar refractivity (Wildman–Crippen MR) is 234 cm³/mol. The summed E-state index contributed by atoms with van der Waals surface area (Å²) in [6, 6.07) is -4.98. The molecule has 3 amide bonds. The Morgan fingerprint density at radius 3 is 1.21 bits per heavy atom. The van der Waals surface area contributed by atoms with Crippen LogP contribution in [0.4, 0.5) is 0 Å². The molecule has 0 aliphatic carbocycles. The van der Waals surface area contributed by atoms with Crippen LogP contribution in [0.1, 0.15) is 20.8 Å². The van der Waals surface area contributed by atoms with E-state index in [1.165, 1.54) is 0 Å². The third kappa shape index (κ3) is 13.7. The van der Waals surface area contributed by atoms with Crippen molar-refractivity contribution in [3.63, 3.8) is 0 Å². The third-order valence-corrected chi connectivity index (χ3v) is 13.6. The number of ether oxygens (including phenoxy) is 11. The van der Waals surface area contributed by atoms with E-state index in [1.807, 2.05) is 0 Å². The van der Waals surface area contributed by atoms with Gasteiger partial charge in [-0.05, 0) is 0 Å². The van der Waals surface area contributed by atoms with E-state index in [4.69, 9.17) is 52.1 Å². The van der Waals surface area contributed by atoms with Gasteiger partial charge in [0, 0.05) is 20.8 Å². The highest BCUT2D eigenvalue weighted by molar-refractivity contribution is 5.74. The number of rotatable bonds is 19. The molecule has 34 heteroatoms. The monoisotopic (exact) mass is 1110 g/mol. The van der Waals surface area contributed by atoms with Crippen LogP contribution in [0.5, 0.6) is 0 Å². The van der Waals surface area contributed by atoms with Crippen molar-refractivity contribution in [1.29, 1.82) is 0 Å². The number of carbonyl (C=O) groups excluding carboxylic acids is 3. The zero-order valence-corrected chi connectivity index (χ0v) is 40.9. The number of aliphatic hydroxyl groups excluding tert-OH is 17. The highest BCUT2D eigenvalue weighted by Gasteiger charge is 2.58. The molecule has 0 unspecified atom stereocenters. The van der Waals surface area contributed by atoms with E-state index in [2.05, 4.69) is 16.0 Å². The molecule has 34 nitrogen and oxygen atoms in total. The van der Waals surface area contributed by atoms with Gasteiger partial charge in [-0.25, -0.2) is 0 Å². The van der Waals surface area contributed by atoms with Crippen molar-refractivity contribution in [3.05, 3.63) is 0 Å². The molecular weight excluding hydrogens is 1040 g/mol. The Labute approximate surface area is 431 Å². The van der Waals surface area contributed by atoms with Gasteiger partial charge in [-0.2, -0.15) is 0 Å². The van der Waals surface area contributed by atoms with Gasteiger partial charge < -0.3 is 155 Å². The second kappa shape index (κ2) is 27.2. The molecule has 6 saturated heterocycles. The van der Waals surface area contributed by atoms with Gasteiger partial charge in [-0.15, -0.1) is 0 Å². The molecule has 0 radical (unpaired) electrons. The first-order valence-corrected chi connectivity index (χ1v) is 24.1. The predicted octanol–water partition coefficient (Wildman–Crippen LogP) is -13.7. The molecule has 0 aromatic rings. The Hall–Kier alpha value is -2.71. The van der Waals surface area contributed by atoms with E-state index in [1.54, 1.807) is 0 Å². The van der Waals surface area contributed by atoms with Crippen molar-refractivity contribution in [2.75, 3.05) is 39.6 Å². The average Bonchev–Trinajstić information content (AvgIpc) is 3.37. The number of hydrogen-bond donors (Lipinski definition) is 20. The minimum atomic E-state index is -2.29. The summed E-state index contributed by atoms with van der Waals surface area (Å²) in [6.45, 7) is -2.63. The maximum absolute atomic E-state index is 12.5. The van der Waals surface area contributed by atoms with E-state index in [9.17, 15) is 101 Å². The van der Waals surface area contributed by atoms with Crippen LogP contribution in [-0.4, -0.2) is 328 Å². The number of hydrogen-bond acceptors (Lipinski definition) is 31. The molecule has 76 heavy (non-hydrogen) atoms. The summed E-state index contributed by atoms with van der Waals surface area (Å²) in [4.78, 5) is 37.1. The molecule has 6 rings (SSSR count). The molecule has 30 atom stereocenters. The van der Waals surface area contributed by atoms with Crippen molar-refractivity contribution < 1.29 is 153 Å². The molecule has 6 heterocycles. The zero-order chi connectivity index (χ0) is 56.2. The van der Waals surface area contributed by atoms with Gasteiger partial charge in [0.15, 0.2) is 37.7 Å². The molecule has 0 bridgehead atoms. The number of aliphatic hydroxyl groups is 17. The molecule has 6 aliphatic rings. The first-order valence-electron chi connectivity index (χ1n) is 24.1. The summed E-state index contributed by atoms with van der Waals surface area (Å²) in [5.74, 6) is -2.40. The summed E-state index contributed by atoms with van der Waals surface area (Å²) < 4.78 is 63.7. The van der Waals surface area contributed by atoms with Crippen molar-refractivity contribution in [2.45, 2.75) is 205 Å². The van der Waals surface area contributed by atoms with Gasteiger partial charge in [0.25, 0.3) is 0 Å². The van der Waals surface area contributed by atoms with E-state index in [0.29, 0.717) is 0 Å². The number of amides is 3. The quantitative estimate of drug-likeness (QED) is 0.0571. The van der Waals surface area contributed by atoms with Crippen molar-refractivity contribution in [3.8, 4) is 0 Å². The minimum absolute atomic E-state index is 0.777. The molecule has 6 fully saturated rings. The second-order valence-corrected chi connectivity index (χ2v) is 19.0. The van der Waals surface area contributed by atoms with E-state index < -0.39 is 241 Å². The lowest BCUT2D eigenvalue weighted by Crippen LogP contribution is -2.70. The second-order valence-electron chi connectivity index (χ2n) is 19.0. The minimum Gasteiger partial charge on any atom is -0.394 e. The normalized spacial score (nSPS) is 48.2. The average molecular weight is 1110 g/mol. The van der Waals surface area contributed by atoms with Gasteiger partial charge in [0.2, 0.25) is 17.7 Å². The SMILES string of the molecule is CC(=O)N[C@@H]1[C@@H](O[C@H]2O[C@H](CO)[C@H](O[C@H]3O[C@H](CO[C@@H]4O[C@H](CO)[C@@H](O)[C@H](O[C@H]5O[C@H](CO)[C@H](O)[C@H](O)[C@H]5O)[C@H]4NC(C)=O)[C@@H](O)[C@H](O)[C@H]3O)[C@H](O[C@@H]3O[C@H](CO)[C@@H](O)[C@H](O)[C@H]3NC(C)=O)[C@H]2O)[C@H](O)[C@@H](CO)O[C@H]1O. The first-order chi connectivity index (χ1) is 35.9. The van der Waals surface area contributed by atoms with Gasteiger partial charge in [-0.1, -0.05) is 0 Å². The van der Waals surface area contributed by atoms with Crippen LogP contribution in [0, 0.1) is 0 Å². The van der Waals surface area contributed by atoms with Gasteiger partial charge in [0.1, 0.15) is 146 Å². The highest BCUT2D eigenvalue weighted by atomic mass is 16.8. The Morgan fingerprint density at radius 2 is 0.697 bits per heavy atom. The topological polar surface area (TPSA) is 533 Å². The van der Waals surface area contributed by atoms with Crippen LogP contribution in [0.15, 0.2) is 0 Å².